The van der Waals surface area contributed by atoms with Gasteiger partial charge in [0.2, 0.25) is 5.95 Å². The lowest BCUT2D eigenvalue weighted by Gasteiger charge is -2.39. The molecule has 0 amide bonds. The molecule has 1 aliphatic carbocycles. The highest BCUT2D eigenvalue weighted by Crippen LogP contribution is 2.40. The molecule has 1 saturated heterocycles. The summed E-state index contributed by atoms with van der Waals surface area (Å²) in [6.45, 7) is 3.27. The Morgan fingerprint density at radius 2 is 1.87 bits per heavy atom. The molecule has 11 nitrogen and oxygen atoms in total. The van der Waals surface area contributed by atoms with Crippen LogP contribution in [0.25, 0.3) is 16.8 Å². The lowest BCUT2D eigenvalue weighted by Crippen LogP contribution is -2.47. The fourth-order valence-corrected chi connectivity index (χ4v) is 6.78. The summed E-state index contributed by atoms with van der Waals surface area (Å²) < 4.78 is 72.3. The smallest absolute Gasteiger partial charge is 0.229 e. The minimum Gasteiger partial charge on any atom is -0.490 e. The van der Waals surface area contributed by atoms with Gasteiger partial charge in [-0.05, 0) is 48.4 Å². The number of nitrogens with two attached hydrogens (primary N) is 1. The first-order valence-corrected chi connectivity index (χ1v) is 17.5. The summed E-state index contributed by atoms with van der Waals surface area (Å²) in [4.78, 5) is 8.79. The van der Waals surface area contributed by atoms with Crippen molar-refractivity contribution < 1.29 is 31.4 Å². The number of rotatable bonds is 10. The lowest BCUT2D eigenvalue weighted by molar-refractivity contribution is -0.0152. The van der Waals surface area contributed by atoms with E-state index in [0.29, 0.717) is 49.6 Å². The summed E-state index contributed by atoms with van der Waals surface area (Å²) in [6.07, 6.45) is 8.53. The van der Waals surface area contributed by atoms with Gasteiger partial charge in [-0.25, -0.2) is 22.2 Å². The van der Waals surface area contributed by atoms with Crippen LogP contribution < -0.4 is 15.8 Å². The fourth-order valence-electron chi connectivity index (χ4n) is 6.38. The third-order valence-corrected chi connectivity index (χ3v) is 9.54. The van der Waals surface area contributed by atoms with E-state index >= 15 is 8.78 Å². The van der Waals surface area contributed by atoms with Crippen molar-refractivity contribution in [2.45, 2.75) is 56.8 Å². The van der Waals surface area contributed by atoms with Crippen LogP contribution in [0.5, 0.6) is 5.75 Å². The van der Waals surface area contributed by atoms with Crippen LogP contribution >= 0.6 is 0 Å². The van der Waals surface area contributed by atoms with Gasteiger partial charge >= 0.3 is 0 Å². The minimum atomic E-state index is -3.13. The zero-order chi connectivity index (χ0) is 32.4. The Bertz CT molecular complexity index is 1760. The van der Waals surface area contributed by atoms with E-state index in [2.05, 4.69) is 27.3 Å². The van der Waals surface area contributed by atoms with E-state index in [1.165, 1.54) is 22.9 Å². The molecule has 3 N–H and O–H groups in total. The molecule has 1 aliphatic heterocycles. The minimum absolute atomic E-state index is 0.0472. The van der Waals surface area contributed by atoms with Crippen LogP contribution in [0.4, 0.5) is 20.4 Å². The topological polar surface area (TPSA) is 143 Å². The number of halogens is 2. The second-order valence-electron chi connectivity index (χ2n) is 12.2. The normalized spacial score (nSPS) is 22.6. The molecule has 14 heteroatoms. The van der Waals surface area contributed by atoms with E-state index in [4.69, 9.17) is 19.9 Å². The first-order chi connectivity index (χ1) is 22.1. The van der Waals surface area contributed by atoms with Crippen molar-refractivity contribution in [2.24, 2.45) is 11.7 Å². The molecular weight excluding hydrogens is 618 g/mol. The maximum absolute atomic E-state index is 15.3. The van der Waals surface area contributed by atoms with E-state index in [1.807, 2.05) is 6.07 Å². The van der Waals surface area contributed by atoms with E-state index in [9.17, 15) is 8.42 Å². The molecule has 4 atom stereocenters. The Morgan fingerprint density at radius 3 is 2.59 bits per heavy atom. The summed E-state index contributed by atoms with van der Waals surface area (Å²) >= 11 is 0. The van der Waals surface area contributed by atoms with Crippen molar-refractivity contribution >= 4 is 27.0 Å². The van der Waals surface area contributed by atoms with Gasteiger partial charge in [-0.15, -0.1) is 0 Å². The maximum atomic E-state index is 15.3. The van der Waals surface area contributed by atoms with Gasteiger partial charge in [0.05, 0.1) is 66.5 Å². The molecule has 6 rings (SSSR count). The number of ether oxygens (including phenoxy) is 3. The van der Waals surface area contributed by atoms with Crippen LogP contribution in [-0.2, 0) is 19.3 Å². The van der Waals surface area contributed by atoms with Crippen molar-refractivity contribution in [3.05, 3.63) is 66.1 Å². The molecule has 3 aromatic heterocycles. The van der Waals surface area contributed by atoms with E-state index in [-0.39, 0.29) is 59.5 Å². The number of aromatic nitrogens is 4. The summed E-state index contributed by atoms with van der Waals surface area (Å²) in [5.74, 6) is -0.965. The number of fused-ring (bicyclic) bond motifs is 1. The van der Waals surface area contributed by atoms with Crippen LogP contribution in [0.2, 0.25) is 0 Å². The van der Waals surface area contributed by atoms with E-state index in [1.54, 1.807) is 30.7 Å². The van der Waals surface area contributed by atoms with Gasteiger partial charge < -0.3 is 25.3 Å². The highest BCUT2D eigenvalue weighted by atomic mass is 32.2. The summed E-state index contributed by atoms with van der Waals surface area (Å²) in [5.41, 5.74) is 8.70. The first-order valence-electron chi connectivity index (χ1n) is 15.4. The third-order valence-electron chi connectivity index (χ3n) is 8.63. The number of anilines is 2. The number of nitrogens with one attached hydrogen (secondary N) is 1. The van der Waals surface area contributed by atoms with Crippen LogP contribution in [0.1, 0.15) is 44.1 Å². The first kappa shape index (κ1) is 32.2. The molecule has 1 saturated carbocycles. The van der Waals surface area contributed by atoms with Crippen LogP contribution in [0.15, 0.2) is 48.9 Å². The Kier molecular flexibility index (Phi) is 9.50. The summed E-state index contributed by atoms with van der Waals surface area (Å²) in [5, 5.41) is 7.86. The standard InChI is InChI=1S/C32H38F2N6O5S/c1-19-13-20(14-27(35)31(19)44-11-12-46(2,41)42)24-5-8-36-18-29(24)38-32-37-17-21-3-4-28(39-40(21)32)30-25(33)15-23(16-26(30)34)45-22-6-9-43-10-7-22/h3-5,8,15-20,22,27,31H,6-7,9-14,35H2,1-2H3,(H,37,38). The van der Waals surface area contributed by atoms with Crippen LogP contribution in [-0.4, -0.2) is 78.1 Å². The van der Waals surface area contributed by atoms with Crippen molar-refractivity contribution in [1.29, 1.82) is 0 Å². The predicted molar refractivity (Wildman–Crippen MR) is 169 cm³/mol. The second kappa shape index (κ2) is 13.6. The van der Waals surface area contributed by atoms with Gasteiger partial charge in [0.15, 0.2) is 0 Å². The maximum Gasteiger partial charge on any atom is 0.229 e. The second-order valence-corrected chi connectivity index (χ2v) is 14.5. The van der Waals surface area contributed by atoms with Gasteiger partial charge in [-0.1, -0.05) is 6.92 Å². The van der Waals surface area contributed by atoms with Crippen molar-refractivity contribution in [1.82, 2.24) is 19.6 Å². The monoisotopic (exact) mass is 656 g/mol. The largest absolute Gasteiger partial charge is 0.490 e. The number of nitrogens with zero attached hydrogens (tertiary/aromatic N) is 4. The van der Waals surface area contributed by atoms with Gasteiger partial charge in [0, 0.05) is 43.5 Å². The van der Waals surface area contributed by atoms with Crippen molar-refractivity contribution in [2.75, 3.05) is 37.1 Å². The Labute approximate surface area is 266 Å². The molecule has 46 heavy (non-hydrogen) atoms. The molecule has 2 fully saturated rings. The number of pyridine rings is 1. The molecule has 0 spiro atoms. The zero-order valence-corrected chi connectivity index (χ0v) is 26.6. The van der Waals surface area contributed by atoms with Gasteiger partial charge in [-0.3, -0.25) is 4.98 Å². The molecule has 0 radical (unpaired) electrons. The number of benzene rings is 1. The lowest BCUT2D eigenvalue weighted by atomic mass is 9.74. The average molecular weight is 657 g/mol. The molecule has 4 heterocycles. The van der Waals surface area contributed by atoms with E-state index in [0.717, 1.165) is 12.0 Å². The SMILES string of the molecule is CC1CC(c2ccncc2Nc2ncc3ccc(-c4c(F)cc(OC5CCOCC5)cc4F)nn23)CC(N)C1OCCS(C)(=O)=O. The average Bonchev–Trinajstić information content (AvgIpc) is 3.40. The Morgan fingerprint density at radius 1 is 1.11 bits per heavy atom. The molecule has 2 aliphatic rings. The molecule has 1 aromatic carbocycles. The molecule has 246 valence electrons. The number of hydrogen-bond donors (Lipinski definition) is 2. The van der Waals surface area contributed by atoms with E-state index < -0.39 is 21.5 Å². The Balaban J connectivity index is 1.21. The summed E-state index contributed by atoms with van der Waals surface area (Å²) in [7, 11) is -3.13. The fraction of sp³-hybridized carbons (Fsp3) is 0.469. The number of hydrogen-bond acceptors (Lipinski definition) is 10. The Hall–Kier alpha value is -3.72. The van der Waals surface area contributed by atoms with Gasteiger partial charge in [-0.2, -0.15) is 9.61 Å². The zero-order valence-electron chi connectivity index (χ0n) is 25.7. The molecular formula is C32H38F2N6O5S. The quantitative estimate of drug-likeness (QED) is 0.248. The molecule has 4 unspecified atom stereocenters. The molecule has 0 bridgehead atoms. The number of sulfone groups is 1. The van der Waals surface area contributed by atoms with Crippen LogP contribution in [0.3, 0.4) is 0 Å². The van der Waals surface area contributed by atoms with Crippen LogP contribution in [0, 0.1) is 17.6 Å². The van der Waals surface area contributed by atoms with Crippen molar-refractivity contribution in [3.63, 3.8) is 0 Å². The highest BCUT2D eigenvalue weighted by Gasteiger charge is 2.36. The number of imidazole rings is 1. The molecule has 4 aromatic rings. The predicted octanol–water partition coefficient (Wildman–Crippen LogP) is 4.64. The van der Waals surface area contributed by atoms with Crippen molar-refractivity contribution in [3.8, 4) is 17.0 Å². The summed E-state index contributed by atoms with van der Waals surface area (Å²) in [6, 6.07) is 7.26. The third kappa shape index (κ3) is 7.30. The highest BCUT2D eigenvalue weighted by molar-refractivity contribution is 7.90. The van der Waals surface area contributed by atoms with Gasteiger partial charge in [0.25, 0.3) is 0 Å². The van der Waals surface area contributed by atoms with Gasteiger partial charge in [0.1, 0.15) is 33.3 Å².